The van der Waals surface area contributed by atoms with Crippen LogP contribution in [0.25, 0.3) is 0 Å². The Labute approximate surface area is 138 Å². The van der Waals surface area contributed by atoms with E-state index in [0.29, 0.717) is 17.2 Å². The van der Waals surface area contributed by atoms with Crippen molar-refractivity contribution in [3.05, 3.63) is 48.5 Å². The van der Waals surface area contributed by atoms with E-state index in [2.05, 4.69) is 15.6 Å². The molecule has 1 aliphatic heterocycles. The molecule has 1 heterocycles. The lowest BCUT2D eigenvalue weighted by molar-refractivity contribution is 0.174. The maximum Gasteiger partial charge on any atom is 0.257 e. The van der Waals surface area contributed by atoms with Crippen LogP contribution in [0.3, 0.4) is 0 Å². The van der Waals surface area contributed by atoms with Crippen molar-refractivity contribution >= 4 is 33.0 Å². The first kappa shape index (κ1) is 15.5. The summed E-state index contributed by atoms with van der Waals surface area (Å²) in [5, 5.41) is 2.95. The molecule has 9 heteroatoms. The Morgan fingerprint density at radius 2 is 1.78 bits per heavy atom. The first-order valence-electron chi connectivity index (χ1n) is 6.58. The third kappa shape index (κ3) is 3.70. The van der Waals surface area contributed by atoms with Crippen LogP contribution in [0, 0.1) is 0 Å². The van der Waals surface area contributed by atoms with E-state index in [4.69, 9.17) is 21.7 Å². The minimum absolute atomic E-state index is 0.100. The van der Waals surface area contributed by atoms with Gasteiger partial charge in [-0.25, -0.2) is 8.42 Å². The van der Waals surface area contributed by atoms with Crippen LogP contribution in [0.2, 0.25) is 0 Å². The molecule has 0 saturated heterocycles. The molecule has 0 bridgehead atoms. The molecule has 0 aromatic heterocycles. The quantitative estimate of drug-likeness (QED) is 0.569. The molecule has 0 aliphatic carbocycles. The number of fused-ring (bicyclic) bond motifs is 1. The Bertz CT molecular complexity index is 825. The highest BCUT2D eigenvalue weighted by atomic mass is 32.2. The van der Waals surface area contributed by atoms with Crippen LogP contribution in [0.4, 0.5) is 5.69 Å². The number of thiocarbonyl (C=S) groups is 1. The molecule has 23 heavy (non-hydrogen) atoms. The number of sulfonamides is 1. The van der Waals surface area contributed by atoms with Crippen LogP contribution in [-0.4, -0.2) is 20.3 Å². The van der Waals surface area contributed by atoms with Crippen molar-refractivity contribution in [3.8, 4) is 11.5 Å². The fourth-order valence-electron chi connectivity index (χ4n) is 1.91. The zero-order valence-corrected chi connectivity index (χ0v) is 13.4. The van der Waals surface area contributed by atoms with Gasteiger partial charge in [-0.15, -0.1) is 4.83 Å². The Hall–Kier alpha value is -2.36. The van der Waals surface area contributed by atoms with E-state index in [1.165, 1.54) is 12.1 Å². The molecule has 0 fully saturated rings. The van der Waals surface area contributed by atoms with Crippen LogP contribution in [0.15, 0.2) is 53.4 Å². The van der Waals surface area contributed by atoms with Gasteiger partial charge < -0.3 is 14.8 Å². The number of rotatable bonds is 4. The Balaban J connectivity index is 1.60. The number of benzene rings is 2. The van der Waals surface area contributed by atoms with Crippen molar-refractivity contribution in [3.63, 3.8) is 0 Å². The summed E-state index contributed by atoms with van der Waals surface area (Å²) < 4.78 is 34.6. The molecule has 0 spiro atoms. The molecule has 0 saturated carbocycles. The molecule has 0 unspecified atom stereocenters. The molecule has 0 radical (unpaired) electrons. The predicted octanol–water partition coefficient (Wildman–Crippen LogP) is 1.60. The van der Waals surface area contributed by atoms with Gasteiger partial charge in [0.05, 0.1) is 4.90 Å². The van der Waals surface area contributed by atoms with Crippen LogP contribution < -0.4 is 25.0 Å². The molecule has 0 atom stereocenters. The number of nitrogens with one attached hydrogen (secondary N) is 3. The average molecular weight is 351 g/mol. The normalized spacial score (nSPS) is 12.7. The van der Waals surface area contributed by atoms with Crippen molar-refractivity contribution in [2.24, 2.45) is 0 Å². The van der Waals surface area contributed by atoms with E-state index in [1.54, 1.807) is 36.4 Å². The smallest absolute Gasteiger partial charge is 0.257 e. The van der Waals surface area contributed by atoms with Crippen molar-refractivity contribution in [1.29, 1.82) is 0 Å². The lowest BCUT2D eigenvalue weighted by atomic mass is 10.3. The lowest BCUT2D eigenvalue weighted by Crippen LogP contribution is -2.43. The minimum Gasteiger partial charge on any atom is -0.454 e. The summed E-state index contributed by atoms with van der Waals surface area (Å²) in [6.07, 6.45) is 0. The first-order chi connectivity index (χ1) is 11.0. The van der Waals surface area contributed by atoms with E-state index in [-0.39, 0.29) is 16.8 Å². The highest BCUT2D eigenvalue weighted by Crippen LogP contribution is 2.34. The molecular weight excluding hydrogens is 338 g/mol. The topological polar surface area (TPSA) is 88.7 Å². The summed E-state index contributed by atoms with van der Waals surface area (Å²) >= 11 is 5.06. The molecule has 1 aliphatic rings. The molecule has 3 N–H and O–H groups in total. The summed E-state index contributed by atoms with van der Waals surface area (Å²) in [6, 6.07) is 13.2. The fraction of sp³-hybridized carbons (Fsp3) is 0.0714. The maximum absolute atomic E-state index is 12.0. The van der Waals surface area contributed by atoms with Gasteiger partial charge >= 0.3 is 0 Å². The van der Waals surface area contributed by atoms with Gasteiger partial charge in [0.1, 0.15) is 0 Å². The fourth-order valence-corrected chi connectivity index (χ4v) is 3.01. The number of ether oxygens (including phenoxy) is 2. The highest BCUT2D eigenvalue weighted by Gasteiger charge is 2.15. The number of hydrogen-bond donors (Lipinski definition) is 3. The van der Waals surface area contributed by atoms with Crippen molar-refractivity contribution in [1.82, 2.24) is 10.3 Å². The van der Waals surface area contributed by atoms with Crippen LogP contribution in [-0.2, 0) is 10.0 Å². The molecule has 120 valence electrons. The lowest BCUT2D eigenvalue weighted by Gasteiger charge is -2.12. The van der Waals surface area contributed by atoms with E-state index >= 15 is 0 Å². The standard InChI is InChI=1S/C14H13N3O4S2/c18-23(19,11-4-2-1-3-5-11)17-16-14(22)15-10-6-7-12-13(8-10)21-9-20-12/h1-8,17H,9H2,(H2,15,16,22). The number of hydrazine groups is 1. The van der Waals surface area contributed by atoms with E-state index in [0.717, 1.165) is 0 Å². The molecule has 2 aromatic carbocycles. The summed E-state index contributed by atoms with van der Waals surface area (Å²) in [7, 11) is -3.69. The minimum atomic E-state index is -3.69. The Morgan fingerprint density at radius 1 is 1.04 bits per heavy atom. The number of hydrogen-bond acceptors (Lipinski definition) is 5. The van der Waals surface area contributed by atoms with Crippen LogP contribution >= 0.6 is 12.2 Å². The second-order valence-electron chi connectivity index (χ2n) is 4.57. The first-order valence-corrected chi connectivity index (χ1v) is 8.47. The second kappa shape index (κ2) is 6.41. The van der Waals surface area contributed by atoms with Crippen molar-refractivity contribution in [2.45, 2.75) is 4.90 Å². The molecule has 7 nitrogen and oxygen atoms in total. The summed E-state index contributed by atoms with van der Waals surface area (Å²) in [4.78, 5) is 2.35. The van der Waals surface area contributed by atoms with Gasteiger partial charge in [-0.1, -0.05) is 18.2 Å². The van der Waals surface area contributed by atoms with Gasteiger partial charge in [0.2, 0.25) is 6.79 Å². The summed E-state index contributed by atoms with van der Waals surface area (Å²) in [6.45, 7) is 0.179. The summed E-state index contributed by atoms with van der Waals surface area (Å²) in [5.41, 5.74) is 3.09. The van der Waals surface area contributed by atoms with Crippen LogP contribution in [0.1, 0.15) is 0 Å². The third-order valence-electron chi connectivity index (χ3n) is 2.98. The number of anilines is 1. The van der Waals surface area contributed by atoms with Crippen molar-refractivity contribution < 1.29 is 17.9 Å². The zero-order valence-electron chi connectivity index (χ0n) is 11.8. The largest absolute Gasteiger partial charge is 0.454 e. The highest BCUT2D eigenvalue weighted by molar-refractivity contribution is 7.89. The Morgan fingerprint density at radius 3 is 2.57 bits per heavy atom. The monoisotopic (exact) mass is 351 g/mol. The second-order valence-corrected chi connectivity index (χ2v) is 6.66. The van der Waals surface area contributed by atoms with E-state index < -0.39 is 10.0 Å². The Kier molecular flexibility index (Phi) is 4.33. The summed E-state index contributed by atoms with van der Waals surface area (Å²) in [5.74, 6) is 1.25. The van der Waals surface area contributed by atoms with Crippen LogP contribution in [0.5, 0.6) is 11.5 Å². The van der Waals surface area contributed by atoms with Gasteiger partial charge in [0.25, 0.3) is 10.0 Å². The molecular formula is C14H13N3O4S2. The predicted molar refractivity (Wildman–Crippen MR) is 88.7 cm³/mol. The molecule has 2 aromatic rings. The van der Waals surface area contributed by atoms with Gasteiger partial charge in [0, 0.05) is 11.8 Å². The molecule has 3 rings (SSSR count). The van der Waals surface area contributed by atoms with Gasteiger partial charge in [-0.2, -0.15) is 0 Å². The molecule has 0 amide bonds. The van der Waals surface area contributed by atoms with Gasteiger partial charge in [0.15, 0.2) is 16.6 Å². The van der Waals surface area contributed by atoms with E-state index in [9.17, 15) is 8.42 Å². The zero-order chi connectivity index (χ0) is 16.3. The average Bonchev–Trinajstić information content (AvgIpc) is 3.02. The maximum atomic E-state index is 12.0. The van der Waals surface area contributed by atoms with E-state index in [1.807, 2.05) is 0 Å². The van der Waals surface area contributed by atoms with Gasteiger partial charge in [-0.3, -0.25) is 5.43 Å². The van der Waals surface area contributed by atoms with Crippen molar-refractivity contribution in [2.75, 3.05) is 12.1 Å². The van der Waals surface area contributed by atoms with Gasteiger partial charge in [-0.05, 0) is 36.5 Å². The SMILES string of the molecule is O=S(=O)(NNC(=S)Nc1ccc2c(c1)OCO2)c1ccccc1. The third-order valence-corrected chi connectivity index (χ3v) is 4.45.